The number of hydrogen-bond acceptors (Lipinski definition) is 6. The fraction of sp³-hybridized carbons (Fsp3) is 0.321. The van der Waals surface area contributed by atoms with Gasteiger partial charge in [0.05, 0.1) is 28.2 Å². The maximum Gasteiger partial charge on any atom is 0.314 e. The van der Waals surface area contributed by atoms with Crippen LogP contribution in [0.3, 0.4) is 0 Å². The number of carbonyl (C=O) groups is 1. The van der Waals surface area contributed by atoms with Gasteiger partial charge in [0.25, 0.3) is 10.0 Å². The quantitative estimate of drug-likeness (QED) is 0.404. The molecular formula is C28H28ClFN2O6S. The Bertz CT molecular complexity index is 1560. The van der Waals surface area contributed by atoms with Crippen molar-refractivity contribution < 1.29 is 32.2 Å². The van der Waals surface area contributed by atoms with Crippen molar-refractivity contribution in [1.29, 1.82) is 0 Å². The molecule has 206 valence electrons. The molecule has 0 saturated heterocycles. The molecule has 1 aliphatic heterocycles. The molecule has 39 heavy (non-hydrogen) atoms. The Hall–Kier alpha value is -3.50. The maximum absolute atomic E-state index is 13.7. The summed E-state index contributed by atoms with van der Waals surface area (Å²) in [6.07, 6.45) is 0.557. The average molecular weight is 575 g/mol. The normalized spacial score (nSPS) is 17.7. The predicted molar refractivity (Wildman–Crippen MR) is 146 cm³/mol. The molecule has 11 heteroatoms. The molecule has 1 heterocycles. The van der Waals surface area contributed by atoms with E-state index < -0.39 is 21.4 Å². The number of aryl methyl sites for hydroxylation is 1. The van der Waals surface area contributed by atoms with Crippen LogP contribution >= 0.6 is 11.6 Å². The number of ether oxygens (including phenoxy) is 2. The van der Waals surface area contributed by atoms with Gasteiger partial charge in [0.2, 0.25) is 0 Å². The lowest BCUT2D eigenvalue weighted by Gasteiger charge is -2.33. The third-order valence-electron chi connectivity index (χ3n) is 7.31. The predicted octanol–water partition coefficient (Wildman–Crippen LogP) is 5.01. The summed E-state index contributed by atoms with van der Waals surface area (Å²) >= 11 is 6.30. The van der Waals surface area contributed by atoms with Crippen molar-refractivity contribution in [1.82, 2.24) is 0 Å². The minimum atomic E-state index is -3.97. The molecule has 3 aromatic carbocycles. The van der Waals surface area contributed by atoms with Crippen LogP contribution in [0.2, 0.25) is 5.02 Å². The minimum Gasteiger partial charge on any atom is -0.490 e. The number of carboxylic acid groups (broad SMARTS) is 1. The topological polar surface area (TPSA) is 96.4 Å². The maximum atomic E-state index is 13.7. The smallest absolute Gasteiger partial charge is 0.314 e. The van der Waals surface area contributed by atoms with Gasteiger partial charge in [-0.05, 0) is 79.4 Å². The second-order valence-corrected chi connectivity index (χ2v) is 12.3. The lowest BCUT2D eigenvalue weighted by atomic mass is 9.95. The Balaban J connectivity index is 1.31. The number of likely N-dealkylation sites (N-methyl/N-ethyl adjacent to an activating group) is 1. The number of sulfonamides is 1. The molecule has 2 aliphatic rings. The summed E-state index contributed by atoms with van der Waals surface area (Å²) in [5.74, 6) is -0.444. The summed E-state index contributed by atoms with van der Waals surface area (Å²) in [5, 5.41) is 9.97. The Labute approximate surface area is 231 Å². The van der Waals surface area contributed by atoms with Gasteiger partial charge < -0.3 is 19.5 Å². The van der Waals surface area contributed by atoms with E-state index in [1.54, 1.807) is 37.3 Å². The summed E-state index contributed by atoms with van der Waals surface area (Å²) in [6.45, 7) is 2.40. The van der Waals surface area contributed by atoms with E-state index in [1.807, 2.05) is 11.9 Å². The number of hydrogen-bond donors (Lipinski definition) is 1. The molecule has 1 atom stereocenters. The highest BCUT2D eigenvalue weighted by Crippen LogP contribution is 2.51. The van der Waals surface area contributed by atoms with E-state index in [2.05, 4.69) is 0 Å². The lowest BCUT2D eigenvalue weighted by molar-refractivity contribution is -0.140. The Morgan fingerprint density at radius 1 is 1.21 bits per heavy atom. The summed E-state index contributed by atoms with van der Waals surface area (Å²) in [6, 6.07) is 13.7. The molecule has 0 unspecified atom stereocenters. The van der Waals surface area contributed by atoms with Crippen molar-refractivity contribution >= 4 is 39.0 Å². The van der Waals surface area contributed by atoms with E-state index in [4.69, 9.17) is 21.1 Å². The number of nitrogens with zero attached hydrogens (tertiary/aromatic N) is 2. The third-order valence-corrected chi connectivity index (χ3v) is 9.59. The molecule has 1 aliphatic carbocycles. The van der Waals surface area contributed by atoms with Crippen molar-refractivity contribution in [3.05, 3.63) is 76.6 Å². The number of benzene rings is 3. The van der Waals surface area contributed by atoms with Gasteiger partial charge >= 0.3 is 5.97 Å². The largest absolute Gasteiger partial charge is 0.490 e. The van der Waals surface area contributed by atoms with E-state index >= 15 is 0 Å². The lowest BCUT2D eigenvalue weighted by Crippen LogP contribution is -2.41. The SMILES string of the molecule is Cc1cc(OC[C@@H]2CN(C)c3ccc(F)cc3O2)ccc1S(=O)(=O)N(C)c1ccc(Cl)c(C2(C(=O)O)CC2)c1. The summed E-state index contributed by atoms with van der Waals surface area (Å²) < 4.78 is 53.6. The monoisotopic (exact) mass is 574 g/mol. The van der Waals surface area contributed by atoms with Crippen molar-refractivity contribution in [2.24, 2.45) is 0 Å². The fourth-order valence-electron chi connectivity index (χ4n) is 4.88. The van der Waals surface area contributed by atoms with Gasteiger partial charge in [0.15, 0.2) is 0 Å². The number of carboxylic acids is 1. The molecule has 5 rings (SSSR count). The molecule has 1 N–H and O–H groups in total. The van der Waals surface area contributed by atoms with E-state index in [9.17, 15) is 22.7 Å². The zero-order valence-electron chi connectivity index (χ0n) is 21.6. The number of anilines is 2. The third kappa shape index (κ3) is 4.98. The first-order valence-corrected chi connectivity index (χ1v) is 14.2. The van der Waals surface area contributed by atoms with Crippen LogP contribution < -0.4 is 18.7 Å². The van der Waals surface area contributed by atoms with Crippen LogP contribution in [0.15, 0.2) is 59.5 Å². The Morgan fingerprint density at radius 2 is 1.95 bits per heavy atom. The first-order valence-electron chi connectivity index (χ1n) is 12.4. The second kappa shape index (κ2) is 9.91. The summed E-state index contributed by atoms with van der Waals surface area (Å²) in [7, 11) is -0.662. The fourth-order valence-corrected chi connectivity index (χ4v) is 6.57. The molecule has 3 aromatic rings. The summed E-state index contributed by atoms with van der Waals surface area (Å²) in [5.41, 5.74) is 0.936. The van der Waals surface area contributed by atoms with Gasteiger partial charge in [-0.1, -0.05) is 11.6 Å². The van der Waals surface area contributed by atoms with Crippen LogP contribution in [0.4, 0.5) is 15.8 Å². The Morgan fingerprint density at radius 3 is 2.62 bits per heavy atom. The van der Waals surface area contributed by atoms with Crippen LogP contribution in [0.5, 0.6) is 11.5 Å². The zero-order chi connectivity index (χ0) is 28.1. The average Bonchev–Trinajstić information content (AvgIpc) is 3.69. The van der Waals surface area contributed by atoms with Crippen molar-refractivity contribution in [3.63, 3.8) is 0 Å². The van der Waals surface area contributed by atoms with E-state index in [0.29, 0.717) is 52.7 Å². The number of rotatable bonds is 8. The van der Waals surface area contributed by atoms with Crippen molar-refractivity contribution in [2.45, 2.75) is 36.2 Å². The summed E-state index contributed by atoms with van der Waals surface area (Å²) in [4.78, 5) is 13.9. The minimum absolute atomic E-state index is 0.0891. The molecule has 1 saturated carbocycles. The molecule has 0 aromatic heterocycles. The van der Waals surface area contributed by atoms with E-state index in [0.717, 1.165) is 9.99 Å². The van der Waals surface area contributed by atoms with Crippen LogP contribution in [0.25, 0.3) is 0 Å². The van der Waals surface area contributed by atoms with Crippen LogP contribution in [0, 0.1) is 12.7 Å². The highest BCUT2D eigenvalue weighted by Gasteiger charge is 2.53. The zero-order valence-corrected chi connectivity index (χ0v) is 23.2. The first kappa shape index (κ1) is 27.1. The van der Waals surface area contributed by atoms with Gasteiger partial charge in [-0.2, -0.15) is 0 Å². The highest BCUT2D eigenvalue weighted by atomic mass is 35.5. The standard InChI is InChI=1S/C28H28ClFN2O6S/c1-17-12-20(37-16-21-15-31(2)24-8-4-18(30)13-25(24)38-21)6-9-26(17)39(35,36)32(3)19-5-7-23(29)22(14-19)28(10-11-28)27(33)34/h4-9,12-14,21H,10-11,15-16H2,1-3H3,(H,33,34)/t21-/m0/s1. The van der Waals surface area contributed by atoms with E-state index in [-0.39, 0.29) is 23.4 Å². The first-order chi connectivity index (χ1) is 18.4. The van der Waals surface area contributed by atoms with Gasteiger partial charge in [0, 0.05) is 25.2 Å². The molecule has 8 nitrogen and oxygen atoms in total. The highest BCUT2D eigenvalue weighted by molar-refractivity contribution is 7.92. The van der Waals surface area contributed by atoms with Crippen LogP contribution in [-0.2, 0) is 20.2 Å². The number of fused-ring (bicyclic) bond motifs is 1. The molecule has 0 bridgehead atoms. The molecule has 0 spiro atoms. The molecule has 0 amide bonds. The van der Waals surface area contributed by atoms with Crippen molar-refractivity contribution in [3.8, 4) is 11.5 Å². The second-order valence-electron chi connectivity index (χ2n) is 9.99. The molecule has 1 fully saturated rings. The number of aliphatic carboxylic acids is 1. The van der Waals surface area contributed by atoms with Crippen LogP contribution in [0.1, 0.15) is 24.0 Å². The van der Waals surface area contributed by atoms with E-state index in [1.165, 1.54) is 31.3 Å². The molecule has 0 radical (unpaired) electrons. The number of halogens is 2. The Kier molecular flexibility index (Phi) is 6.88. The van der Waals surface area contributed by atoms with Gasteiger partial charge in [0.1, 0.15) is 30.0 Å². The van der Waals surface area contributed by atoms with Crippen molar-refractivity contribution in [2.75, 3.05) is 36.5 Å². The van der Waals surface area contributed by atoms with Gasteiger partial charge in [-0.25, -0.2) is 12.8 Å². The van der Waals surface area contributed by atoms with Crippen LogP contribution in [-0.4, -0.2) is 52.8 Å². The van der Waals surface area contributed by atoms with Gasteiger partial charge in [-0.3, -0.25) is 9.10 Å². The molecular weight excluding hydrogens is 547 g/mol. The van der Waals surface area contributed by atoms with Gasteiger partial charge in [-0.15, -0.1) is 0 Å².